The molecular weight excluding hydrogens is 568 g/mol. The van der Waals surface area contributed by atoms with Crippen LogP contribution in [0.4, 0.5) is 20.4 Å². The Hall–Kier alpha value is -5.16. The maximum Gasteiger partial charge on any atom is 0.254 e. The first-order valence-corrected chi connectivity index (χ1v) is 14.1. The van der Waals surface area contributed by atoms with Crippen LogP contribution in [0.1, 0.15) is 21.5 Å². The Kier molecular flexibility index (Phi) is 8.29. The molecular formula is C33H29F2N5O4. The summed E-state index contributed by atoms with van der Waals surface area (Å²) in [5.41, 5.74) is 3.97. The molecule has 1 aliphatic rings. The minimum absolute atomic E-state index is 0.0630. The van der Waals surface area contributed by atoms with Gasteiger partial charge in [-0.1, -0.05) is 24.3 Å². The number of amides is 1. The van der Waals surface area contributed by atoms with Gasteiger partial charge in [-0.15, -0.1) is 5.10 Å². The van der Waals surface area contributed by atoms with Gasteiger partial charge in [-0.3, -0.25) is 9.59 Å². The van der Waals surface area contributed by atoms with Crippen LogP contribution >= 0.6 is 0 Å². The molecule has 9 nitrogen and oxygen atoms in total. The molecule has 0 radical (unpaired) electrons. The van der Waals surface area contributed by atoms with Crippen LogP contribution in [0.5, 0.6) is 5.75 Å². The molecule has 3 aromatic carbocycles. The number of anilines is 2. The Morgan fingerprint density at radius 3 is 2.45 bits per heavy atom. The van der Waals surface area contributed by atoms with Gasteiger partial charge in [0.1, 0.15) is 23.2 Å². The summed E-state index contributed by atoms with van der Waals surface area (Å²) in [6, 6.07) is 19.2. The third-order valence-electron chi connectivity index (χ3n) is 7.41. The molecule has 1 saturated heterocycles. The molecule has 0 bridgehead atoms. The Labute approximate surface area is 252 Å². The molecule has 0 atom stereocenters. The molecule has 6 rings (SSSR count). The van der Waals surface area contributed by atoms with E-state index < -0.39 is 5.82 Å². The average Bonchev–Trinajstić information content (AvgIpc) is 3.45. The number of hydrogen-bond donors (Lipinski definition) is 1. The Morgan fingerprint density at radius 1 is 0.932 bits per heavy atom. The Balaban J connectivity index is 1.15. The van der Waals surface area contributed by atoms with Crippen molar-refractivity contribution >= 4 is 29.0 Å². The van der Waals surface area contributed by atoms with Crippen molar-refractivity contribution in [3.05, 3.63) is 107 Å². The number of morpholine rings is 1. The fourth-order valence-corrected chi connectivity index (χ4v) is 5.08. The zero-order chi connectivity index (χ0) is 30.6. The lowest BCUT2D eigenvalue weighted by molar-refractivity contribution is -0.117. The fourth-order valence-electron chi connectivity index (χ4n) is 5.08. The van der Waals surface area contributed by atoms with E-state index >= 15 is 4.39 Å². The summed E-state index contributed by atoms with van der Waals surface area (Å²) < 4.78 is 40.6. The van der Waals surface area contributed by atoms with E-state index in [2.05, 4.69) is 15.4 Å². The van der Waals surface area contributed by atoms with Crippen molar-refractivity contribution in [1.29, 1.82) is 0 Å². The molecule has 1 aliphatic heterocycles. The quantitative estimate of drug-likeness (QED) is 0.248. The van der Waals surface area contributed by atoms with Crippen LogP contribution in [0.15, 0.2) is 79.0 Å². The maximum absolute atomic E-state index is 15.0. The van der Waals surface area contributed by atoms with Crippen LogP contribution in [0.25, 0.3) is 16.8 Å². The first-order chi connectivity index (χ1) is 21.4. The number of fused-ring (bicyclic) bond motifs is 1. The molecule has 224 valence electrons. The molecule has 3 heterocycles. The lowest BCUT2D eigenvalue weighted by Crippen LogP contribution is -2.40. The van der Waals surface area contributed by atoms with Crippen LogP contribution in [0.3, 0.4) is 0 Å². The number of hydrogen-bond acceptors (Lipinski definition) is 7. The number of nitrogens with zero attached hydrogens (tertiary/aromatic N) is 4. The predicted octanol–water partition coefficient (Wildman–Crippen LogP) is 5.25. The van der Waals surface area contributed by atoms with Crippen molar-refractivity contribution in [2.24, 2.45) is 0 Å². The molecule has 11 heteroatoms. The minimum Gasteiger partial charge on any atom is -0.495 e. The number of benzene rings is 3. The number of rotatable bonds is 9. The highest BCUT2D eigenvalue weighted by atomic mass is 19.1. The molecule has 5 aromatic rings. The molecule has 1 N–H and O–H groups in total. The molecule has 0 aliphatic carbocycles. The van der Waals surface area contributed by atoms with E-state index in [1.54, 1.807) is 64.1 Å². The number of carbonyl (C=O) groups is 2. The third kappa shape index (κ3) is 6.42. The monoisotopic (exact) mass is 597 g/mol. The summed E-state index contributed by atoms with van der Waals surface area (Å²) in [7, 11) is 1.53. The Bertz CT molecular complexity index is 1830. The van der Waals surface area contributed by atoms with Crippen molar-refractivity contribution in [2.45, 2.75) is 12.8 Å². The highest BCUT2D eigenvalue weighted by Crippen LogP contribution is 2.29. The van der Waals surface area contributed by atoms with E-state index in [9.17, 15) is 14.0 Å². The number of pyridine rings is 1. The van der Waals surface area contributed by atoms with Crippen LogP contribution in [-0.2, 0) is 22.4 Å². The van der Waals surface area contributed by atoms with Gasteiger partial charge < -0.3 is 19.7 Å². The zero-order valence-electron chi connectivity index (χ0n) is 23.9. The molecule has 2 aromatic heterocycles. The van der Waals surface area contributed by atoms with Gasteiger partial charge >= 0.3 is 0 Å². The number of ketones is 1. The smallest absolute Gasteiger partial charge is 0.254 e. The normalized spacial score (nSPS) is 13.2. The maximum atomic E-state index is 15.0. The van der Waals surface area contributed by atoms with Crippen LogP contribution in [-0.4, -0.2) is 64.6 Å². The minimum atomic E-state index is -0.487. The van der Waals surface area contributed by atoms with Gasteiger partial charge in [0.15, 0.2) is 5.65 Å². The number of methoxy groups -OCH3 is 1. The second-order valence-electron chi connectivity index (χ2n) is 10.4. The van der Waals surface area contributed by atoms with Crippen molar-refractivity contribution in [3.63, 3.8) is 0 Å². The fraction of sp³-hybridized carbons (Fsp3) is 0.212. The molecule has 44 heavy (non-hydrogen) atoms. The predicted molar refractivity (Wildman–Crippen MR) is 160 cm³/mol. The van der Waals surface area contributed by atoms with Gasteiger partial charge in [0, 0.05) is 43.3 Å². The number of halogens is 2. The van der Waals surface area contributed by atoms with Crippen molar-refractivity contribution in [3.8, 4) is 16.9 Å². The summed E-state index contributed by atoms with van der Waals surface area (Å²) in [5.74, 6) is -0.328. The first-order valence-electron chi connectivity index (χ1n) is 14.1. The Morgan fingerprint density at radius 2 is 1.70 bits per heavy atom. The average molecular weight is 598 g/mol. The van der Waals surface area contributed by atoms with E-state index in [1.807, 2.05) is 6.07 Å². The van der Waals surface area contributed by atoms with Crippen LogP contribution < -0.4 is 10.1 Å². The van der Waals surface area contributed by atoms with Gasteiger partial charge in [-0.05, 0) is 65.2 Å². The van der Waals surface area contributed by atoms with E-state index in [1.165, 1.54) is 25.3 Å². The van der Waals surface area contributed by atoms with E-state index in [-0.39, 0.29) is 30.3 Å². The van der Waals surface area contributed by atoms with E-state index in [4.69, 9.17) is 9.47 Å². The van der Waals surface area contributed by atoms with Crippen molar-refractivity contribution < 1.29 is 27.8 Å². The molecule has 0 saturated carbocycles. The standard InChI is InChI=1S/C33H29F2N5O4/c1-43-30-19-24(32(42)39-12-14-44-15-13-39)6-10-29(30)36-33-37-31-11-7-25(20-40(31)38-33)22-4-5-23(28(35)18-22)17-27(41)16-21-2-8-26(34)9-3-21/h2-11,18-20H,12-17H2,1H3,(H,36,38). The molecule has 0 spiro atoms. The van der Waals surface area contributed by atoms with E-state index in [0.717, 1.165) is 0 Å². The first kappa shape index (κ1) is 28.9. The topological polar surface area (TPSA) is 98.1 Å². The molecule has 1 amide bonds. The van der Waals surface area contributed by atoms with Gasteiger partial charge in [0.05, 0.1) is 26.0 Å². The van der Waals surface area contributed by atoms with Gasteiger partial charge in [0.2, 0.25) is 5.95 Å². The van der Waals surface area contributed by atoms with Crippen molar-refractivity contribution in [1.82, 2.24) is 19.5 Å². The SMILES string of the molecule is COc1cc(C(=O)N2CCOCC2)ccc1Nc1nc2ccc(-c3ccc(CC(=O)Cc4ccc(F)cc4)c(F)c3)cn2n1. The zero-order valence-corrected chi connectivity index (χ0v) is 23.9. The lowest BCUT2D eigenvalue weighted by Gasteiger charge is -2.27. The number of Topliss-reactive ketones (excluding diaryl/α,β-unsaturated/α-hetero) is 1. The number of carbonyl (C=O) groups excluding carboxylic acids is 2. The third-order valence-corrected chi connectivity index (χ3v) is 7.41. The van der Waals surface area contributed by atoms with Crippen molar-refractivity contribution in [2.75, 3.05) is 38.7 Å². The van der Waals surface area contributed by atoms with Crippen LogP contribution in [0, 0.1) is 11.6 Å². The van der Waals surface area contributed by atoms with Gasteiger partial charge in [0.25, 0.3) is 5.91 Å². The summed E-state index contributed by atoms with van der Waals surface area (Å²) >= 11 is 0. The van der Waals surface area contributed by atoms with Gasteiger partial charge in [-0.25, -0.2) is 13.3 Å². The molecule has 0 unspecified atom stereocenters. The summed E-state index contributed by atoms with van der Waals surface area (Å²) in [6.07, 6.45) is 1.78. The lowest BCUT2D eigenvalue weighted by atomic mass is 9.99. The second-order valence-corrected chi connectivity index (χ2v) is 10.4. The highest BCUT2D eigenvalue weighted by molar-refractivity contribution is 5.95. The summed E-state index contributed by atoms with van der Waals surface area (Å²) in [6.45, 7) is 2.13. The summed E-state index contributed by atoms with van der Waals surface area (Å²) in [4.78, 5) is 31.6. The second kappa shape index (κ2) is 12.6. The van der Waals surface area contributed by atoms with Gasteiger partial charge in [-0.2, -0.15) is 4.98 Å². The van der Waals surface area contributed by atoms with E-state index in [0.29, 0.717) is 77.2 Å². The number of nitrogens with one attached hydrogen (secondary N) is 1. The highest BCUT2D eigenvalue weighted by Gasteiger charge is 2.20. The largest absolute Gasteiger partial charge is 0.495 e. The number of ether oxygens (including phenoxy) is 2. The molecule has 1 fully saturated rings. The van der Waals surface area contributed by atoms with Crippen LogP contribution in [0.2, 0.25) is 0 Å². The number of aromatic nitrogens is 3. The summed E-state index contributed by atoms with van der Waals surface area (Å²) in [5, 5.41) is 7.66.